The number of halogens is 1. The Morgan fingerprint density at radius 1 is 1.43 bits per heavy atom. The quantitative estimate of drug-likeness (QED) is 0.905. The molecule has 2 rings (SSSR count). The van der Waals surface area contributed by atoms with E-state index in [1.807, 2.05) is 13.8 Å². The lowest BCUT2D eigenvalue weighted by Gasteiger charge is -2.12. The normalized spacial score (nSPS) is 12.0. The van der Waals surface area contributed by atoms with Crippen LogP contribution < -0.4 is 11.1 Å². The highest BCUT2D eigenvalue weighted by Crippen LogP contribution is 2.21. The first-order valence-corrected chi connectivity index (χ1v) is 6.71. The van der Waals surface area contributed by atoms with Crippen molar-refractivity contribution in [1.29, 1.82) is 0 Å². The number of aromatic nitrogens is 2. The Morgan fingerprint density at radius 2 is 2.14 bits per heavy atom. The van der Waals surface area contributed by atoms with Crippen molar-refractivity contribution in [2.45, 2.75) is 26.3 Å². The Hall–Kier alpha value is -2.50. The average Bonchev–Trinajstić information content (AvgIpc) is 2.48. The van der Waals surface area contributed by atoms with Crippen LogP contribution in [-0.4, -0.2) is 21.9 Å². The van der Waals surface area contributed by atoms with Gasteiger partial charge in [-0.25, -0.2) is 14.4 Å². The van der Waals surface area contributed by atoms with Gasteiger partial charge >= 0.3 is 0 Å². The summed E-state index contributed by atoms with van der Waals surface area (Å²) >= 11 is 0. The minimum atomic E-state index is -0.426. The molecule has 1 unspecified atom stereocenters. The predicted molar refractivity (Wildman–Crippen MR) is 79.1 cm³/mol. The minimum Gasteiger partial charge on any atom is -0.382 e. The van der Waals surface area contributed by atoms with Crippen LogP contribution in [0.5, 0.6) is 0 Å². The number of hydrogen-bond acceptors (Lipinski definition) is 4. The third-order valence-electron chi connectivity index (χ3n) is 3.16. The van der Waals surface area contributed by atoms with E-state index in [4.69, 9.17) is 5.73 Å². The first kappa shape index (κ1) is 14.9. The maximum absolute atomic E-state index is 13.8. The van der Waals surface area contributed by atoms with Crippen molar-refractivity contribution >= 4 is 11.7 Å². The molecular formula is C15H17FN4O. The number of amides is 1. The van der Waals surface area contributed by atoms with E-state index < -0.39 is 11.7 Å². The molecule has 1 aromatic heterocycles. The molecule has 0 fully saturated rings. The maximum atomic E-state index is 13.8. The van der Waals surface area contributed by atoms with Crippen molar-refractivity contribution < 1.29 is 9.18 Å². The van der Waals surface area contributed by atoms with Gasteiger partial charge in [-0.2, -0.15) is 0 Å². The number of nitrogens with two attached hydrogens (primary N) is 1. The molecule has 0 aliphatic heterocycles. The Bertz CT molecular complexity index is 660. The summed E-state index contributed by atoms with van der Waals surface area (Å²) in [6, 6.07) is 6.17. The van der Waals surface area contributed by atoms with Gasteiger partial charge in [0.25, 0.3) is 5.91 Å². The molecule has 0 saturated heterocycles. The first-order chi connectivity index (χ1) is 10.0. The van der Waals surface area contributed by atoms with Crippen LogP contribution in [0.1, 0.15) is 30.8 Å². The van der Waals surface area contributed by atoms with Gasteiger partial charge < -0.3 is 11.1 Å². The molecule has 0 aliphatic rings. The number of benzene rings is 1. The van der Waals surface area contributed by atoms with Crippen molar-refractivity contribution in [2.75, 3.05) is 5.73 Å². The monoisotopic (exact) mass is 288 g/mol. The fourth-order valence-electron chi connectivity index (χ4n) is 1.76. The molecule has 110 valence electrons. The minimum absolute atomic E-state index is 0.00387. The van der Waals surface area contributed by atoms with E-state index in [0.29, 0.717) is 0 Å². The highest BCUT2D eigenvalue weighted by atomic mass is 19.1. The lowest BCUT2D eigenvalue weighted by atomic mass is 10.1. The van der Waals surface area contributed by atoms with Crippen LogP contribution in [0.2, 0.25) is 0 Å². The van der Waals surface area contributed by atoms with Crippen molar-refractivity contribution in [3.8, 4) is 11.3 Å². The van der Waals surface area contributed by atoms with E-state index in [9.17, 15) is 9.18 Å². The molecule has 6 heteroatoms. The molecule has 3 N–H and O–H groups in total. The molecular weight excluding hydrogens is 271 g/mol. The highest BCUT2D eigenvalue weighted by molar-refractivity contribution is 5.96. The van der Waals surface area contributed by atoms with Crippen molar-refractivity contribution in [3.63, 3.8) is 0 Å². The number of nitrogen functional groups attached to an aromatic ring is 1. The van der Waals surface area contributed by atoms with Gasteiger partial charge in [0.05, 0.1) is 11.9 Å². The van der Waals surface area contributed by atoms with E-state index in [1.165, 1.54) is 12.3 Å². The number of nitrogens with one attached hydrogen (secondary N) is 1. The van der Waals surface area contributed by atoms with Crippen LogP contribution in [0.15, 0.2) is 30.5 Å². The van der Waals surface area contributed by atoms with Crippen molar-refractivity contribution in [1.82, 2.24) is 15.3 Å². The predicted octanol–water partition coefficient (Wildman–Crippen LogP) is 2.39. The summed E-state index contributed by atoms with van der Waals surface area (Å²) in [4.78, 5) is 20.2. The van der Waals surface area contributed by atoms with Crippen LogP contribution in [0, 0.1) is 5.82 Å². The number of carbonyl (C=O) groups is 1. The number of anilines is 1. The van der Waals surface area contributed by atoms with Gasteiger partial charge in [0, 0.05) is 11.6 Å². The van der Waals surface area contributed by atoms with Gasteiger partial charge in [0.15, 0.2) is 11.5 Å². The molecule has 21 heavy (non-hydrogen) atoms. The number of carbonyl (C=O) groups excluding carboxylic acids is 1. The molecule has 1 atom stereocenters. The third-order valence-corrected chi connectivity index (χ3v) is 3.16. The topological polar surface area (TPSA) is 80.9 Å². The lowest BCUT2D eigenvalue weighted by molar-refractivity contribution is 0.0935. The second-order valence-electron chi connectivity index (χ2n) is 4.75. The van der Waals surface area contributed by atoms with E-state index >= 15 is 0 Å². The molecule has 0 bridgehead atoms. The van der Waals surface area contributed by atoms with E-state index in [2.05, 4.69) is 15.3 Å². The second-order valence-corrected chi connectivity index (χ2v) is 4.75. The molecule has 0 radical (unpaired) electrons. The summed E-state index contributed by atoms with van der Waals surface area (Å²) in [5.74, 6) is -0.812. The summed E-state index contributed by atoms with van der Waals surface area (Å²) in [7, 11) is 0. The van der Waals surface area contributed by atoms with Gasteiger partial charge in [0.2, 0.25) is 0 Å². The summed E-state index contributed by atoms with van der Waals surface area (Å²) < 4.78 is 13.8. The molecule has 1 amide bonds. The number of hydrogen-bond donors (Lipinski definition) is 2. The summed E-state index contributed by atoms with van der Waals surface area (Å²) in [6.45, 7) is 3.83. The highest BCUT2D eigenvalue weighted by Gasteiger charge is 2.17. The van der Waals surface area contributed by atoms with Gasteiger partial charge in [-0.1, -0.05) is 19.1 Å². The van der Waals surface area contributed by atoms with Gasteiger partial charge in [-0.3, -0.25) is 4.79 Å². The third kappa shape index (κ3) is 3.34. The zero-order valence-electron chi connectivity index (χ0n) is 11.9. The van der Waals surface area contributed by atoms with Gasteiger partial charge in [0.1, 0.15) is 5.82 Å². The molecule has 1 heterocycles. The van der Waals surface area contributed by atoms with Crippen LogP contribution in [0.4, 0.5) is 10.2 Å². The zero-order chi connectivity index (χ0) is 15.4. The fourth-order valence-corrected chi connectivity index (χ4v) is 1.76. The SMILES string of the molecule is CCC(C)NC(=O)c1nc(-c2ccccc2F)cnc1N. The van der Waals surface area contributed by atoms with Gasteiger partial charge in [-0.15, -0.1) is 0 Å². The Kier molecular flexibility index (Phi) is 4.47. The second kappa shape index (κ2) is 6.30. The van der Waals surface area contributed by atoms with Crippen molar-refractivity contribution in [3.05, 3.63) is 42.0 Å². The van der Waals surface area contributed by atoms with E-state index in [-0.39, 0.29) is 28.8 Å². The zero-order valence-corrected chi connectivity index (χ0v) is 11.9. The first-order valence-electron chi connectivity index (χ1n) is 6.71. The molecule has 5 nitrogen and oxygen atoms in total. The lowest BCUT2D eigenvalue weighted by Crippen LogP contribution is -2.33. The standard InChI is InChI=1S/C15H17FN4O/c1-3-9(2)19-15(21)13-14(17)18-8-12(20-13)10-6-4-5-7-11(10)16/h4-9H,3H2,1-2H3,(H2,17,18)(H,19,21). The number of rotatable bonds is 4. The fraction of sp³-hybridized carbons (Fsp3) is 0.267. The van der Waals surface area contributed by atoms with Crippen LogP contribution in [0.25, 0.3) is 11.3 Å². The molecule has 2 aromatic rings. The summed E-state index contributed by atoms with van der Waals surface area (Å²) in [5.41, 5.74) is 6.26. The van der Waals surface area contributed by atoms with Crippen molar-refractivity contribution in [2.24, 2.45) is 0 Å². The van der Waals surface area contributed by atoms with E-state index in [1.54, 1.807) is 18.2 Å². The largest absolute Gasteiger partial charge is 0.382 e. The summed E-state index contributed by atoms with van der Waals surface area (Å²) in [6.07, 6.45) is 2.14. The average molecular weight is 288 g/mol. The molecule has 0 spiro atoms. The van der Waals surface area contributed by atoms with Crippen LogP contribution in [0.3, 0.4) is 0 Å². The van der Waals surface area contributed by atoms with Crippen LogP contribution >= 0.6 is 0 Å². The summed E-state index contributed by atoms with van der Waals surface area (Å²) in [5, 5.41) is 2.76. The smallest absolute Gasteiger partial charge is 0.273 e. The van der Waals surface area contributed by atoms with Crippen LogP contribution in [-0.2, 0) is 0 Å². The van der Waals surface area contributed by atoms with Gasteiger partial charge in [-0.05, 0) is 25.5 Å². The Balaban J connectivity index is 2.38. The maximum Gasteiger partial charge on any atom is 0.273 e. The molecule has 1 aromatic carbocycles. The van der Waals surface area contributed by atoms with E-state index in [0.717, 1.165) is 6.42 Å². The molecule has 0 saturated carbocycles. The Morgan fingerprint density at radius 3 is 2.81 bits per heavy atom. The number of nitrogens with zero attached hydrogens (tertiary/aromatic N) is 2. The Labute approximate surface area is 122 Å². The molecule has 0 aliphatic carbocycles.